The van der Waals surface area contributed by atoms with Gasteiger partial charge in [-0.3, -0.25) is 0 Å². The predicted octanol–water partition coefficient (Wildman–Crippen LogP) is -0.735. The summed E-state index contributed by atoms with van der Waals surface area (Å²) in [6, 6.07) is 0. The molecule has 3 unspecified atom stereocenters. The lowest BCUT2D eigenvalue weighted by molar-refractivity contribution is -0.220. The molecular weight excluding hydrogens is 212 g/mol. The largest absolute Gasteiger partial charge is 0.394 e. The number of hydrogen-bond acceptors (Lipinski definition) is 5. The maximum atomic E-state index is 9.85. The maximum Gasteiger partial charge on any atom is 0.109 e. The van der Waals surface area contributed by atoms with E-state index in [1.807, 2.05) is 13.8 Å². The number of hydrogen-bond donors (Lipinski definition) is 4. The Morgan fingerprint density at radius 1 is 1.38 bits per heavy atom. The van der Waals surface area contributed by atoms with E-state index >= 15 is 0 Å². The first-order valence-electron chi connectivity index (χ1n) is 5.61. The highest BCUT2D eigenvalue weighted by molar-refractivity contribution is 4.92. The minimum Gasteiger partial charge on any atom is -0.394 e. The average molecular weight is 234 g/mol. The second kappa shape index (κ2) is 4.98. The molecule has 0 radical (unpaired) electrons. The van der Waals surface area contributed by atoms with Gasteiger partial charge in [-0.15, -0.1) is 0 Å². The van der Waals surface area contributed by atoms with Crippen molar-refractivity contribution in [2.45, 2.75) is 57.2 Å². The summed E-state index contributed by atoms with van der Waals surface area (Å²) < 4.78 is 5.66. The van der Waals surface area contributed by atoms with Gasteiger partial charge in [-0.05, 0) is 13.8 Å². The third-order valence-corrected chi connectivity index (χ3v) is 3.20. The molecule has 1 heterocycles. The molecule has 0 aromatic rings. The summed E-state index contributed by atoms with van der Waals surface area (Å²) in [4.78, 5) is 0. The Kier molecular flexibility index (Phi) is 4.31. The first-order valence-corrected chi connectivity index (χ1v) is 5.61. The molecule has 1 aliphatic rings. The average Bonchev–Trinajstić information content (AvgIpc) is 2.20. The molecular formula is C11H22O5. The summed E-state index contributed by atoms with van der Waals surface area (Å²) in [7, 11) is 0. The van der Waals surface area contributed by atoms with E-state index in [0.717, 1.165) is 0 Å². The lowest BCUT2D eigenvalue weighted by Crippen LogP contribution is -2.55. The molecule has 5 heteroatoms. The van der Waals surface area contributed by atoms with Crippen LogP contribution in [-0.2, 0) is 4.74 Å². The van der Waals surface area contributed by atoms with Gasteiger partial charge in [-0.1, -0.05) is 6.92 Å². The first kappa shape index (κ1) is 13.9. The van der Waals surface area contributed by atoms with Gasteiger partial charge in [0.25, 0.3) is 0 Å². The summed E-state index contributed by atoms with van der Waals surface area (Å²) in [6.07, 6.45) is -3.18. The van der Waals surface area contributed by atoms with Gasteiger partial charge in [0.2, 0.25) is 0 Å². The zero-order valence-corrected chi connectivity index (χ0v) is 10.00. The van der Waals surface area contributed by atoms with E-state index in [1.54, 1.807) is 6.92 Å². The van der Waals surface area contributed by atoms with Crippen LogP contribution in [-0.4, -0.2) is 57.0 Å². The van der Waals surface area contributed by atoms with Crippen molar-refractivity contribution in [2.24, 2.45) is 5.92 Å². The van der Waals surface area contributed by atoms with Crippen molar-refractivity contribution >= 4 is 0 Å². The van der Waals surface area contributed by atoms with E-state index in [1.165, 1.54) is 0 Å². The third kappa shape index (κ3) is 2.93. The van der Waals surface area contributed by atoms with Gasteiger partial charge in [0.15, 0.2) is 0 Å². The predicted molar refractivity (Wildman–Crippen MR) is 57.8 cm³/mol. The van der Waals surface area contributed by atoms with E-state index in [-0.39, 0.29) is 5.92 Å². The Morgan fingerprint density at radius 2 is 1.94 bits per heavy atom. The quantitative estimate of drug-likeness (QED) is 0.516. The normalized spacial score (nSPS) is 38.1. The Balaban J connectivity index is 2.77. The Hall–Kier alpha value is -0.200. The van der Waals surface area contributed by atoms with Crippen molar-refractivity contribution in [1.82, 2.24) is 0 Å². The third-order valence-electron chi connectivity index (χ3n) is 3.20. The van der Waals surface area contributed by atoms with Crippen LogP contribution in [0.15, 0.2) is 0 Å². The zero-order valence-electron chi connectivity index (χ0n) is 10.00. The van der Waals surface area contributed by atoms with Crippen LogP contribution < -0.4 is 0 Å². The molecule has 0 aliphatic carbocycles. The number of ether oxygens (including phenoxy) is 1. The second-order valence-corrected chi connectivity index (χ2v) is 5.21. The Morgan fingerprint density at radius 3 is 2.44 bits per heavy atom. The molecule has 1 saturated heterocycles. The molecule has 16 heavy (non-hydrogen) atoms. The summed E-state index contributed by atoms with van der Waals surface area (Å²) in [5, 5.41) is 37.8. The first-order chi connectivity index (χ1) is 7.28. The summed E-state index contributed by atoms with van der Waals surface area (Å²) in [5.41, 5.74) is -0.535. The molecule has 5 atom stereocenters. The number of aliphatic hydroxyl groups is 4. The van der Waals surface area contributed by atoms with Crippen LogP contribution in [0.2, 0.25) is 0 Å². The smallest absolute Gasteiger partial charge is 0.109 e. The van der Waals surface area contributed by atoms with Crippen LogP contribution in [0.4, 0.5) is 0 Å². The van der Waals surface area contributed by atoms with E-state index in [2.05, 4.69) is 0 Å². The van der Waals surface area contributed by atoms with Crippen molar-refractivity contribution in [3.8, 4) is 0 Å². The summed E-state index contributed by atoms with van der Waals surface area (Å²) in [5.74, 6) is -0.274. The van der Waals surface area contributed by atoms with Crippen LogP contribution in [0.1, 0.15) is 27.2 Å². The van der Waals surface area contributed by atoms with Crippen LogP contribution in [0.25, 0.3) is 0 Å². The SMILES string of the molecule is CC1C(O)CC(C)(C)OC1[C@H](O)[C@H](O)CO. The lowest BCUT2D eigenvalue weighted by atomic mass is 9.82. The highest BCUT2D eigenvalue weighted by Gasteiger charge is 2.44. The second-order valence-electron chi connectivity index (χ2n) is 5.21. The highest BCUT2D eigenvalue weighted by Crippen LogP contribution is 2.34. The summed E-state index contributed by atoms with van der Waals surface area (Å²) >= 11 is 0. The van der Waals surface area contributed by atoms with Crippen LogP contribution in [0, 0.1) is 5.92 Å². The van der Waals surface area contributed by atoms with Crippen LogP contribution in [0.3, 0.4) is 0 Å². The van der Waals surface area contributed by atoms with E-state index in [4.69, 9.17) is 9.84 Å². The van der Waals surface area contributed by atoms with Gasteiger partial charge in [-0.25, -0.2) is 0 Å². The molecule has 96 valence electrons. The molecule has 0 saturated carbocycles. The van der Waals surface area contributed by atoms with E-state index in [0.29, 0.717) is 6.42 Å². The molecule has 0 aromatic carbocycles. The minimum atomic E-state index is -1.24. The fourth-order valence-corrected chi connectivity index (χ4v) is 2.14. The van der Waals surface area contributed by atoms with Crippen molar-refractivity contribution < 1.29 is 25.2 Å². The van der Waals surface area contributed by atoms with Crippen LogP contribution in [0.5, 0.6) is 0 Å². The van der Waals surface area contributed by atoms with Gasteiger partial charge < -0.3 is 25.2 Å². The number of rotatable bonds is 3. The fraction of sp³-hybridized carbons (Fsp3) is 1.00. The van der Waals surface area contributed by atoms with Crippen molar-refractivity contribution in [2.75, 3.05) is 6.61 Å². The van der Waals surface area contributed by atoms with Gasteiger partial charge in [0, 0.05) is 12.3 Å². The maximum absolute atomic E-state index is 9.85. The molecule has 1 fully saturated rings. The van der Waals surface area contributed by atoms with Gasteiger partial charge in [-0.2, -0.15) is 0 Å². The number of aliphatic hydroxyl groups excluding tert-OH is 4. The van der Waals surface area contributed by atoms with Crippen molar-refractivity contribution in [3.05, 3.63) is 0 Å². The fourth-order valence-electron chi connectivity index (χ4n) is 2.14. The zero-order chi connectivity index (χ0) is 12.5. The molecule has 5 nitrogen and oxygen atoms in total. The lowest BCUT2D eigenvalue weighted by Gasteiger charge is -2.45. The molecule has 0 spiro atoms. The highest BCUT2D eigenvalue weighted by atomic mass is 16.5. The topological polar surface area (TPSA) is 90.2 Å². The molecule has 0 aromatic heterocycles. The summed E-state index contributed by atoms with van der Waals surface area (Å²) in [6.45, 7) is 4.89. The Labute approximate surface area is 95.7 Å². The Bertz CT molecular complexity index is 230. The van der Waals surface area contributed by atoms with E-state index in [9.17, 15) is 15.3 Å². The molecule has 0 bridgehead atoms. The van der Waals surface area contributed by atoms with Crippen molar-refractivity contribution in [3.63, 3.8) is 0 Å². The van der Waals surface area contributed by atoms with Crippen molar-refractivity contribution in [1.29, 1.82) is 0 Å². The van der Waals surface area contributed by atoms with Crippen LogP contribution >= 0.6 is 0 Å². The standard InChI is InChI=1S/C11H22O5/c1-6-7(13)4-11(2,3)16-10(6)9(15)8(14)5-12/h6-10,12-15H,4-5H2,1-3H3/t6?,7?,8-,9-,10?/m1/s1. The van der Waals surface area contributed by atoms with E-state index < -0.39 is 36.6 Å². The molecule has 1 rings (SSSR count). The molecule has 1 aliphatic heterocycles. The van der Waals surface area contributed by atoms with Gasteiger partial charge in [0.1, 0.15) is 12.2 Å². The minimum absolute atomic E-state index is 0.274. The molecule has 4 N–H and O–H groups in total. The molecule has 0 amide bonds. The monoisotopic (exact) mass is 234 g/mol. The van der Waals surface area contributed by atoms with Gasteiger partial charge >= 0.3 is 0 Å². The van der Waals surface area contributed by atoms with Gasteiger partial charge in [0.05, 0.1) is 24.4 Å².